The lowest BCUT2D eigenvalue weighted by molar-refractivity contribution is 1.10. The molecule has 0 saturated heterocycles. The smallest absolute Gasteiger partial charge is 0.163 e. The van der Waals surface area contributed by atoms with E-state index in [1.165, 1.54) is 0 Å². The summed E-state index contributed by atoms with van der Waals surface area (Å²) in [6, 6.07) is 5.19. The summed E-state index contributed by atoms with van der Waals surface area (Å²) in [6.07, 6.45) is 0. The molecule has 0 amide bonds. The van der Waals surface area contributed by atoms with Crippen LogP contribution >= 0.6 is 45.8 Å². The van der Waals surface area contributed by atoms with E-state index in [0.717, 1.165) is 14.8 Å². The number of anilines is 1. The molecule has 0 aliphatic carbocycles. The third kappa shape index (κ3) is 2.64. The zero-order chi connectivity index (χ0) is 12.6. The van der Waals surface area contributed by atoms with Crippen LogP contribution in [0, 0.1) is 10.5 Å². The van der Waals surface area contributed by atoms with E-state index in [9.17, 15) is 0 Å². The zero-order valence-corrected chi connectivity index (χ0v) is 12.5. The summed E-state index contributed by atoms with van der Waals surface area (Å²) < 4.78 is 0.858. The van der Waals surface area contributed by atoms with Crippen molar-refractivity contribution in [3.05, 3.63) is 37.5 Å². The Bertz CT molecular complexity index is 564. The number of aryl methyl sites for hydroxylation is 1. The van der Waals surface area contributed by atoms with E-state index in [1.54, 1.807) is 18.2 Å². The summed E-state index contributed by atoms with van der Waals surface area (Å²) >= 11 is 14.1. The topological polar surface area (TPSA) is 51.8 Å². The fourth-order valence-electron chi connectivity index (χ4n) is 1.37. The van der Waals surface area contributed by atoms with Crippen LogP contribution in [0.4, 0.5) is 5.82 Å². The molecule has 0 bridgehead atoms. The van der Waals surface area contributed by atoms with Gasteiger partial charge in [0.1, 0.15) is 5.82 Å². The van der Waals surface area contributed by atoms with Crippen molar-refractivity contribution in [2.24, 2.45) is 0 Å². The average Bonchev–Trinajstić information content (AvgIpc) is 2.25. The second-order valence-corrected chi connectivity index (χ2v) is 5.38. The van der Waals surface area contributed by atoms with Crippen molar-refractivity contribution >= 4 is 51.6 Å². The number of hydrogen-bond acceptors (Lipinski definition) is 3. The second kappa shape index (κ2) is 4.96. The van der Waals surface area contributed by atoms with E-state index in [4.69, 9.17) is 28.9 Å². The highest BCUT2D eigenvalue weighted by molar-refractivity contribution is 14.1. The zero-order valence-electron chi connectivity index (χ0n) is 8.84. The molecular weight excluding hydrogens is 372 g/mol. The van der Waals surface area contributed by atoms with E-state index in [0.29, 0.717) is 21.7 Å². The van der Waals surface area contributed by atoms with Gasteiger partial charge < -0.3 is 5.73 Å². The molecule has 2 aromatic rings. The van der Waals surface area contributed by atoms with Crippen molar-refractivity contribution in [2.45, 2.75) is 6.92 Å². The minimum atomic E-state index is 0.458. The fraction of sp³-hybridized carbons (Fsp3) is 0.0909. The Hall–Kier alpha value is -0.590. The minimum Gasteiger partial charge on any atom is -0.383 e. The first-order valence-corrected chi connectivity index (χ1v) is 6.57. The number of hydrogen-bond donors (Lipinski definition) is 1. The molecule has 0 spiro atoms. The number of nitrogen functional groups attached to an aromatic ring is 1. The van der Waals surface area contributed by atoms with E-state index < -0.39 is 0 Å². The van der Waals surface area contributed by atoms with Gasteiger partial charge in [-0.1, -0.05) is 23.2 Å². The van der Waals surface area contributed by atoms with Crippen LogP contribution in [0.15, 0.2) is 18.2 Å². The SMILES string of the molecule is Cc1nc(-c2ccc(Cl)cc2Cl)nc(N)c1I. The van der Waals surface area contributed by atoms with Gasteiger partial charge in [-0.15, -0.1) is 0 Å². The van der Waals surface area contributed by atoms with Crippen LogP contribution in [0.1, 0.15) is 5.69 Å². The van der Waals surface area contributed by atoms with E-state index in [-0.39, 0.29) is 0 Å². The van der Waals surface area contributed by atoms with Gasteiger partial charge in [-0.25, -0.2) is 9.97 Å². The Kier molecular flexibility index (Phi) is 3.75. The first kappa shape index (κ1) is 12.9. The predicted molar refractivity (Wildman–Crippen MR) is 79.4 cm³/mol. The van der Waals surface area contributed by atoms with E-state index in [2.05, 4.69) is 32.6 Å². The fourth-order valence-corrected chi connectivity index (χ4v) is 2.11. The van der Waals surface area contributed by atoms with Gasteiger partial charge in [0.15, 0.2) is 5.82 Å². The molecule has 0 aliphatic heterocycles. The molecule has 1 heterocycles. The first-order chi connectivity index (χ1) is 7.99. The summed E-state index contributed by atoms with van der Waals surface area (Å²) in [7, 11) is 0. The van der Waals surface area contributed by atoms with Crippen LogP contribution in [-0.4, -0.2) is 9.97 Å². The van der Waals surface area contributed by atoms with Gasteiger partial charge in [0.2, 0.25) is 0 Å². The number of aromatic nitrogens is 2. The summed E-state index contributed by atoms with van der Waals surface area (Å²) in [5, 5.41) is 1.09. The standard InChI is InChI=1S/C11H8Cl2IN3/c1-5-9(14)10(15)17-11(16-5)7-3-2-6(12)4-8(7)13/h2-4H,1H3,(H2,15,16,17). The van der Waals surface area contributed by atoms with Crippen LogP contribution in [0.25, 0.3) is 11.4 Å². The van der Waals surface area contributed by atoms with Gasteiger partial charge in [-0.3, -0.25) is 0 Å². The van der Waals surface area contributed by atoms with Crippen LogP contribution in [0.2, 0.25) is 10.0 Å². The molecule has 0 fully saturated rings. The van der Waals surface area contributed by atoms with Gasteiger partial charge in [0.05, 0.1) is 14.3 Å². The Balaban J connectivity index is 2.61. The van der Waals surface area contributed by atoms with Gasteiger partial charge in [-0.05, 0) is 47.7 Å². The molecule has 0 saturated carbocycles. The average molecular weight is 380 g/mol. The minimum absolute atomic E-state index is 0.458. The van der Waals surface area contributed by atoms with Crippen LogP contribution in [0.5, 0.6) is 0 Å². The monoisotopic (exact) mass is 379 g/mol. The van der Waals surface area contributed by atoms with Gasteiger partial charge >= 0.3 is 0 Å². The van der Waals surface area contributed by atoms with Crippen molar-refractivity contribution in [3.8, 4) is 11.4 Å². The highest BCUT2D eigenvalue weighted by atomic mass is 127. The van der Waals surface area contributed by atoms with Crippen molar-refractivity contribution in [3.63, 3.8) is 0 Å². The molecule has 88 valence electrons. The summed E-state index contributed by atoms with van der Waals surface area (Å²) in [4.78, 5) is 8.59. The lowest BCUT2D eigenvalue weighted by Gasteiger charge is -2.07. The van der Waals surface area contributed by atoms with Crippen LogP contribution in [0.3, 0.4) is 0 Å². The van der Waals surface area contributed by atoms with Crippen LogP contribution < -0.4 is 5.73 Å². The maximum atomic E-state index is 6.10. The van der Waals surface area contributed by atoms with Crippen LogP contribution in [-0.2, 0) is 0 Å². The van der Waals surface area contributed by atoms with E-state index in [1.807, 2.05) is 6.92 Å². The largest absolute Gasteiger partial charge is 0.383 e. The van der Waals surface area contributed by atoms with Crippen molar-refractivity contribution < 1.29 is 0 Å². The predicted octanol–water partition coefficient (Wildman–Crippen LogP) is 3.95. The van der Waals surface area contributed by atoms with Crippen molar-refractivity contribution in [1.82, 2.24) is 9.97 Å². The highest BCUT2D eigenvalue weighted by Gasteiger charge is 2.11. The molecule has 0 aliphatic rings. The molecule has 2 rings (SSSR count). The Labute approximate surface area is 123 Å². The molecule has 0 unspecified atom stereocenters. The molecule has 0 radical (unpaired) electrons. The number of benzene rings is 1. The molecule has 17 heavy (non-hydrogen) atoms. The van der Waals surface area contributed by atoms with Gasteiger partial charge in [0, 0.05) is 10.6 Å². The molecule has 0 atom stereocenters. The van der Waals surface area contributed by atoms with Crippen molar-refractivity contribution in [2.75, 3.05) is 5.73 Å². The van der Waals surface area contributed by atoms with E-state index >= 15 is 0 Å². The number of nitrogens with zero attached hydrogens (tertiary/aromatic N) is 2. The second-order valence-electron chi connectivity index (χ2n) is 3.46. The normalized spacial score (nSPS) is 10.6. The van der Waals surface area contributed by atoms with Gasteiger partial charge in [0.25, 0.3) is 0 Å². The molecule has 3 nitrogen and oxygen atoms in total. The third-order valence-electron chi connectivity index (χ3n) is 2.21. The maximum Gasteiger partial charge on any atom is 0.163 e. The van der Waals surface area contributed by atoms with Gasteiger partial charge in [-0.2, -0.15) is 0 Å². The number of rotatable bonds is 1. The molecule has 1 aromatic heterocycles. The summed E-state index contributed by atoms with van der Waals surface area (Å²) in [5.74, 6) is 0.973. The summed E-state index contributed by atoms with van der Waals surface area (Å²) in [6.45, 7) is 1.88. The number of nitrogens with two attached hydrogens (primary N) is 1. The number of halogens is 3. The summed E-state index contributed by atoms with van der Waals surface area (Å²) in [5.41, 5.74) is 7.37. The molecular formula is C11H8Cl2IN3. The van der Waals surface area contributed by atoms with Crippen molar-refractivity contribution in [1.29, 1.82) is 0 Å². The lowest BCUT2D eigenvalue weighted by Crippen LogP contribution is -2.02. The first-order valence-electron chi connectivity index (χ1n) is 4.74. The lowest BCUT2D eigenvalue weighted by atomic mass is 10.2. The third-order valence-corrected chi connectivity index (χ3v) is 4.10. The Morgan fingerprint density at radius 3 is 2.53 bits per heavy atom. The molecule has 6 heteroatoms. The quantitative estimate of drug-likeness (QED) is 0.763. The maximum absolute atomic E-state index is 6.10. The molecule has 2 N–H and O–H groups in total. The highest BCUT2D eigenvalue weighted by Crippen LogP contribution is 2.29. The Morgan fingerprint density at radius 1 is 1.24 bits per heavy atom. The Morgan fingerprint density at radius 2 is 1.94 bits per heavy atom. The molecule has 1 aromatic carbocycles.